The van der Waals surface area contributed by atoms with Crippen molar-refractivity contribution in [2.75, 3.05) is 13.1 Å². The number of likely N-dealkylation sites (tertiary alicyclic amines) is 1. The summed E-state index contributed by atoms with van der Waals surface area (Å²) in [5, 5.41) is 0. The molecule has 0 spiro atoms. The predicted molar refractivity (Wildman–Crippen MR) is 81.8 cm³/mol. The summed E-state index contributed by atoms with van der Waals surface area (Å²) in [7, 11) is 0. The van der Waals surface area contributed by atoms with Crippen molar-refractivity contribution in [3.05, 3.63) is 34.3 Å². The van der Waals surface area contributed by atoms with Crippen LogP contribution in [0.5, 0.6) is 0 Å². The Morgan fingerprint density at radius 2 is 2.25 bits per heavy atom. The van der Waals surface area contributed by atoms with E-state index in [2.05, 4.69) is 39.5 Å². The highest BCUT2D eigenvalue weighted by Gasteiger charge is 2.21. The van der Waals surface area contributed by atoms with E-state index in [1.54, 1.807) is 11.3 Å². The maximum atomic E-state index is 4.35. The standard InChI is InChI=1S/C15H22N4S/c1-12-15(20-11-17-12)10-18-6-3-4-14(8-18)9-19-7-5-16-13(19)2/h5,7,11,14H,3-4,6,8-10H2,1-2H3/t14-/m0/s1. The summed E-state index contributed by atoms with van der Waals surface area (Å²) in [5.74, 6) is 1.87. The van der Waals surface area contributed by atoms with E-state index in [4.69, 9.17) is 0 Å². The molecule has 5 heteroatoms. The molecule has 3 heterocycles. The van der Waals surface area contributed by atoms with Crippen LogP contribution in [0.15, 0.2) is 17.9 Å². The van der Waals surface area contributed by atoms with Crippen LogP contribution in [0.25, 0.3) is 0 Å². The molecular formula is C15H22N4S. The van der Waals surface area contributed by atoms with Gasteiger partial charge in [-0.25, -0.2) is 9.97 Å². The van der Waals surface area contributed by atoms with Gasteiger partial charge in [0.2, 0.25) is 0 Å². The Morgan fingerprint density at radius 1 is 1.35 bits per heavy atom. The monoisotopic (exact) mass is 290 g/mol. The summed E-state index contributed by atoms with van der Waals surface area (Å²) in [6, 6.07) is 0. The van der Waals surface area contributed by atoms with Crippen molar-refractivity contribution in [3.8, 4) is 0 Å². The molecular weight excluding hydrogens is 268 g/mol. The van der Waals surface area contributed by atoms with Gasteiger partial charge in [-0.05, 0) is 39.2 Å². The molecule has 2 aromatic heterocycles. The molecule has 0 aliphatic carbocycles. The van der Waals surface area contributed by atoms with Gasteiger partial charge in [-0.15, -0.1) is 11.3 Å². The van der Waals surface area contributed by atoms with Crippen LogP contribution in [0, 0.1) is 19.8 Å². The summed E-state index contributed by atoms with van der Waals surface area (Å²) in [5.41, 5.74) is 3.16. The van der Waals surface area contributed by atoms with Gasteiger partial charge in [-0.3, -0.25) is 4.90 Å². The third-order valence-corrected chi connectivity index (χ3v) is 5.11. The van der Waals surface area contributed by atoms with Crippen LogP contribution in [0.3, 0.4) is 0 Å². The molecule has 0 bridgehead atoms. The van der Waals surface area contributed by atoms with Crippen molar-refractivity contribution in [1.82, 2.24) is 19.4 Å². The Balaban J connectivity index is 1.59. The molecule has 1 aliphatic heterocycles. The largest absolute Gasteiger partial charge is 0.335 e. The van der Waals surface area contributed by atoms with Crippen molar-refractivity contribution in [1.29, 1.82) is 0 Å². The first-order chi connectivity index (χ1) is 9.72. The minimum absolute atomic E-state index is 0.741. The molecule has 1 aliphatic rings. The second kappa shape index (κ2) is 6.06. The third kappa shape index (κ3) is 3.10. The molecule has 0 N–H and O–H groups in total. The van der Waals surface area contributed by atoms with Crippen LogP contribution in [-0.2, 0) is 13.1 Å². The maximum absolute atomic E-state index is 4.35. The summed E-state index contributed by atoms with van der Waals surface area (Å²) in [4.78, 5) is 12.7. The normalized spacial score (nSPS) is 20.4. The van der Waals surface area contributed by atoms with Gasteiger partial charge in [0.25, 0.3) is 0 Å². The molecule has 2 aromatic rings. The fourth-order valence-electron chi connectivity index (χ4n) is 3.00. The third-order valence-electron chi connectivity index (χ3n) is 4.19. The average molecular weight is 290 g/mol. The number of aryl methyl sites for hydroxylation is 2. The minimum atomic E-state index is 0.741. The fourth-order valence-corrected chi connectivity index (χ4v) is 3.82. The number of nitrogens with zero attached hydrogens (tertiary/aromatic N) is 4. The molecule has 1 fully saturated rings. The first-order valence-electron chi connectivity index (χ1n) is 7.31. The molecule has 1 atom stereocenters. The summed E-state index contributed by atoms with van der Waals surface area (Å²) in [6.45, 7) is 8.77. The number of aromatic nitrogens is 3. The van der Waals surface area contributed by atoms with Crippen molar-refractivity contribution >= 4 is 11.3 Å². The molecule has 108 valence electrons. The van der Waals surface area contributed by atoms with Gasteiger partial charge in [-0.2, -0.15) is 0 Å². The lowest BCUT2D eigenvalue weighted by Gasteiger charge is -2.32. The minimum Gasteiger partial charge on any atom is -0.335 e. The molecule has 4 nitrogen and oxygen atoms in total. The Labute approximate surface area is 124 Å². The van der Waals surface area contributed by atoms with Gasteiger partial charge in [0, 0.05) is 36.9 Å². The number of hydrogen-bond donors (Lipinski definition) is 0. The fraction of sp³-hybridized carbons (Fsp3) is 0.600. The van der Waals surface area contributed by atoms with E-state index in [0.717, 1.165) is 24.8 Å². The lowest BCUT2D eigenvalue weighted by atomic mass is 9.98. The Hall–Kier alpha value is -1.20. The smallest absolute Gasteiger partial charge is 0.105 e. The number of rotatable bonds is 4. The quantitative estimate of drug-likeness (QED) is 0.868. The molecule has 0 amide bonds. The van der Waals surface area contributed by atoms with Gasteiger partial charge in [0.1, 0.15) is 5.82 Å². The van der Waals surface area contributed by atoms with Gasteiger partial charge in [-0.1, -0.05) is 0 Å². The Bertz CT molecular complexity index is 511. The number of imidazole rings is 1. The van der Waals surface area contributed by atoms with Gasteiger partial charge < -0.3 is 4.57 Å². The van der Waals surface area contributed by atoms with Crippen molar-refractivity contribution in [2.45, 2.75) is 39.8 Å². The highest BCUT2D eigenvalue weighted by molar-refractivity contribution is 7.09. The van der Waals surface area contributed by atoms with Gasteiger partial charge in [0.15, 0.2) is 0 Å². The summed E-state index contributed by atoms with van der Waals surface area (Å²) < 4.78 is 2.28. The molecule has 0 saturated carbocycles. The van der Waals surface area contributed by atoms with Crippen LogP contribution in [0.2, 0.25) is 0 Å². The SMILES string of the molecule is Cc1ncsc1CN1CCC[C@H](Cn2ccnc2C)C1. The number of piperidine rings is 1. The summed E-state index contributed by atoms with van der Waals surface area (Å²) >= 11 is 1.78. The molecule has 1 saturated heterocycles. The lowest BCUT2D eigenvalue weighted by molar-refractivity contribution is 0.156. The van der Waals surface area contributed by atoms with E-state index in [1.165, 1.54) is 36.5 Å². The average Bonchev–Trinajstić information content (AvgIpc) is 3.01. The Morgan fingerprint density at radius 3 is 2.95 bits per heavy atom. The maximum Gasteiger partial charge on any atom is 0.105 e. The zero-order valence-corrected chi connectivity index (χ0v) is 13.1. The van der Waals surface area contributed by atoms with Crippen LogP contribution >= 0.6 is 11.3 Å². The second-order valence-electron chi connectivity index (χ2n) is 5.73. The van der Waals surface area contributed by atoms with E-state index in [-0.39, 0.29) is 0 Å². The van der Waals surface area contributed by atoms with E-state index in [1.807, 2.05) is 11.7 Å². The topological polar surface area (TPSA) is 34.0 Å². The molecule has 0 aromatic carbocycles. The van der Waals surface area contributed by atoms with E-state index >= 15 is 0 Å². The zero-order chi connectivity index (χ0) is 13.9. The Kier molecular flexibility index (Phi) is 4.17. The molecule has 0 radical (unpaired) electrons. The number of hydrogen-bond acceptors (Lipinski definition) is 4. The van der Waals surface area contributed by atoms with Gasteiger partial charge in [0.05, 0.1) is 11.2 Å². The summed E-state index contributed by atoms with van der Waals surface area (Å²) in [6.07, 6.45) is 6.63. The molecule has 20 heavy (non-hydrogen) atoms. The van der Waals surface area contributed by atoms with Crippen molar-refractivity contribution < 1.29 is 0 Å². The van der Waals surface area contributed by atoms with E-state index < -0.39 is 0 Å². The van der Waals surface area contributed by atoms with E-state index in [9.17, 15) is 0 Å². The molecule has 0 unspecified atom stereocenters. The first kappa shape index (κ1) is 13.8. The second-order valence-corrected chi connectivity index (χ2v) is 6.67. The lowest BCUT2D eigenvalue weighted by Crippen LogP contribution is -2.36. The van der Waals surface area contributed by atoms with Crippen LogP contribution in [-0.4, -0.2) is 32.5 Å². The van der Waals surface area contributed by atoms with E-state index in [0.29, 0.717) is 0 Å². The van der Waals surface area contributed by atoms with Crippen molar-refractivity contribution in [3.63, 3.8) is 0 Å². The molecule has 3 rings (SSSR count). The predicted octanol–water partition coefficient (Wildman–Crippen LogP) is 2.87. The van der Waals surface area contributed by atoms with Gasteiger partial charge >= 0.3 is 0 Å². The number of thiazole rings is 1. The van der Waals surface area contributed by atoms with Crippen LogP contribution in [0.4, 0.5) is 0 Å². The zero-order valence-electron chi connectivity index (χ0n) is 12.2. The highest BCUT2D eigenvalue weighted by Crippen LogP contribution is 2.22. The first-order valence-corrected chi connectivity index (χ1v) is 8.19. The highest BCUT2D eigenvalue weighted by atomic mass is 32.1. The van der Waals surface area contributed by atoms with Crippen LogP contribution in [0.1, 0.15) is 29.2 Å². The van der Waals surface area contributed by atoms with Crippen LogP contribution < -0.4 is 0 Å². The van der Waals surface area contributed by atoms with Crippen molar-refractivity contribution in [2.24, 2.45) is 5.92 Å².